The molecule has 0 spiro atoms. The molecule has 0 aliphatic carbocycles. The van der Waals surface area contributed by atoms with E-state index in [4.69, 9.17) is 4.74 Å². The van der Waals surface area contributed by atoms with E-state index in [2.05, 4.69) is 5.32 Å². The Morgan fingerprint density at radius 3 is 2.34 bits per heavy atom. The van der Waals surface area contributed by atoms with Gasteiger partial charge in [-0.15, -0.1) is 11.8 Å². The Morgan fingerprint density at radius 2 is 1.71 bits per heavy atom. The van der Waals surface area contributed by atoms with Crippen molar-refractivity contribution in [3.8, 4) is 16.9 Å². The molecule has 7 nitrogen and oxygen atoms in total. The molecule has 9 heteroatoms. The molecule has 3 aromatic carbocycles. The average Bonchev–Trinajstić information content (AvgIpc) is 3.40. The first-order valence-electron chi connectivity index (χ1n) is 11.3. The summed E-state index contributed by atoms with van der Waals surface area (Å²) in [6.07, 6.45) is 0.309. The third-order valence-electron chi connectivity index (χ3n) is 5.89. The highest BCUT2D eigenvalue weighted by molar-refractivity contribution is 8.02. The fourth-order valence-corrected chi connectivity index (χ4v) is 7.11. The largest absolute Gasteiger partial charge is 0.497 e. The van der Waals surface area contributed by atoms with Crippen LogP contribution in [-0.2, 0) is 14.8 Å². The molecule has 1 fully saturated rings. The van der Waals surface area contributed by atoms with Gasteiger partial charge in [0.2, 0.25) is 15.9 Å². The summed E-state index contributed by atoms with van der Waals surface area (Å²) in [6, 6.07) is 23.2. The quantitative estimate of drug-likeness (QED) is 0.454. The molecule has 2 N–H and O–H groups in total. The fraction of sp³-hybridized carbons (Fsp3) is 0.269. The van der Waals surface area contributed by atoms with Crippen LogP contribution in [0.1, 0.15) is 18.0 Å². The molecule has 2 unspecified atom stereocenters. The number of amides is 1. The third kappa shape index (κ3) is 5.70. The van der Waals surface area contributed by atoms with Crippen LogP contribution in [0.4, 0.5) is 0 Å². The summed E-state index contributed by atoms with van der Waals surface area (Å²) in [5.74, 6) is 0.808. The molecule has 1 aliphatic heterocycles. The normalized spacial score (nSPS) is 17.1. The lowest BCUT2D eigenvalue weighted by Gasteiger charge is -2.25. The SMILES string of the molecule is COc1ccc(C(CCO)NC(=O)C2SCCN2S(=O)(=O)c2ccc(-c3ccccc3)cc2)cc1. The van der Waals surface area contributed by atoms with Gasteiger partial charge in [-0.05, 0) is 47.4 Å². The Bertz CT molecular complexity index is 1230. The van der Waals surface area contributed by atoms with E-state index in [1.54, 1.807) is 43.5 Å². The third-order valence-corrected chi connectivity index (χ3v) is 9.11. The van der Waals surface area contributed by atoms with Crippen molar-refractivity contribution < 1.29 is 23.1 Å². The number of nitrogens with one attached hydrogen (secondary N) is 1. The molecule has 0 aromatic heterocycles. The molecule has 3 aromatic rings. The van der Waals surface area contributed by atoms with Crippen molar-refractivity contribution in [1.29, 1.82) is 0 Å². The lowest BCUT2D eigenvalue weighted by Crippen LogP contribution is -2.45. The number of carbonyl (C=O) groups is 1. The fourth-order valence-electron chi connectivity index (χ4n) is 4.02. The number of rotatable bonds is 9. The van der Waals surface area contributed by atoms with Crippen molar-refractivity contribution in [3.63, 3.8) is 0 Å². The van der Waals surface area contributed by atoms with E-state index < -0.39 is 27.3 Å². The number of hydrogen-bond acceptors (Lipinski definition) is 6. The Morgan fingerprint density at radius 1 is 1.06 bits per heavy atom. The second kappa shape index (κ2) is 11.3. The zero-order chi connectivity index (χ0) is 24.8. The van der Waals surface area contributed by atoms with Gasteiger partial charge in [-0.1, -0.05) is 54.6 Å². The van der Waals surface area contributed by atoms with E-state index in [-0.39, 0.29) is 18.0 Å². The lowest BCUT2D eigenvalue weighted by atomic mass is 10.0. The minimum atomic E-state index is -3.87. The van der Waals surface area contributed by atoms with Crippen LogP contribution in [-0.4, -0.2) is 55.1 Å². The minimum absolute atomic E-state index is 0.120. The number of methoxy groups -OCH3 is 1. The Kier molecular flexibility index (Phi) is 8.12. The van der Waals surface area contributed by atoms with Crippen molar-refractivity contribution in [2.24, 2.45) is 0 Å². The second-order valence-corrected chi connectivity index (χ2v) is 11.2. The van der Waals surface area contributed by atoms with Crippen molar-refractivity contribution >= 4 is 27.7 Å². The molecular formula is C26H28N2O5S2. The number of ether oxygens (including phenoxy) is 1. The van der Waals surface area contributed by atoms with Crippen LogP contribution in [0, 0.1) is 0 Å². The first-order chi connectivity index (χ1) is 16.9. The predicted molar refractivity (Wildman–Crippen MR) is 138 cm³/mol. The van der Waals surface area contributed by atoms with Crippen LogP contribution in [0.3, 0.4) is 0 Å². The van der Waals surface area contributed by atoms with Gasteiger partial charge in [0, 0.05) is 18.9 Å². The first kappa shape index (κ1) is 25.2. The minimum Gasteiger partial charge on any atom is -0.497 e. The number of hydrogen-bond donors (Lipinski definition) is 2. The smallest absolute Gasteiger partial charge is 0.249 e. The summed E-state index contributed by atoms with van der Waals surface area (Å²) in [5.41, 5.74) is 2.72. The summed E-state index contributed by atoms with van der Waals surface area (Å²) in [5, 5.41) is 11.6. The zero-order valence-electron chi connectivity index (χ0n) is 19.3. The van der Waals surface area contributed by atoms with Crippen LogP contribution in [0.2, 0.25) is 0 Å². The molecule has 0 radical (unpaired) electrons. The highest BCUT2D eigenvalue weighted by atomic mass is 32.2. The van der Waals surface area contributed by atoms with Gasteiger partial charge in [-0.3, -0.25) is 4.79 Å². The number of aliphatic hydroxyl groups is 1. The maximum absolute atomic E-state index is 13.4. The van der Waals surface area contributed by atoms with Gasteiger partial charge in [-0.2, -0.15) is 4.31 Å². The molecule has 1 aliphatic rings. The van der Waals surface area contributed by atoms with Crippen molar-refractivity contribution in [2.75, 3.05) is 26.0 Å². The molecule has 2 atom stereocenters. The first-order valence-corrected chi connectivity index (χ1v) is 13.8. The molecule has 0 saturated carbocycles. The van der Waals surface area contributed by atoms with Gasteiger partial charge >= 0.3 is 0 Å². The maximum atomic E-state index is 13.4. The van der Waals surface area contributed by atoms with Gasteiger partial charge in [-0.25, -0.2) is 8.42 Å². The molecule has 35 heavy (non-hydrogen) atoms. The van der Waals surface area contributed by atoms with Gasteiger partial charge in [0.15, 0.2) is 0 Å². The summed E-state index contributed by atoms with van der Waals surface area (Å²) < 4.78 is 33.3. The highest BCUT2D eigenvalue weighted by Gasteiger charge is 2.40. The zero-order valence-corrected chi connectivity index (χ0v) is 21.0. The van der Waals surface area contributed by atoms with Crippen LogP contribution in [0.25, 0.3) is 11.1 Å². The van der Waals surface area contributed by atoms with Crippen molar-refractivity contribution in [1.82, 2.24) is 9.62 Å². The van der Waals surface area contributed by atoms with E-state index in [0.29, 0.717) is 17.9 Å². The van der Waals surface area contributed by atoms with Crippen molar-refractivity contribution in [3.05, 3.63) is 84.4 Å². The van der Waals surface area contributed by atoms with E-state index in [1.165, 1.54) is 16.1 Å². The van der Waals surface area contributed by atoms with E-state index in [9.17, 15) is 18.3 Å². The molecule has 184 valence electrons. The lowest BCUT2D eigenvalue weighted by molar-refractivity contribution is -0.123. The van der Waals surface area contributed by atoms with Crippen LogP contribution >= 0.6 is 11.8 Å². The van der Waals surface area contributed by atoms with Gasteiger partial charge < -0.3 is 15.2 Å². The number of nitrogens with zero attached hydrogens (tertiary/aromatic N) is 1. The average molecular weight is 513 g/mol. The summed E-state index contributed by atoms with van der Waals surface area (Å²) >= 11 is 1.29. The van der Waals surface area contributed by atoms with Gasteiger partial charge in [0.1, 0.15) is 11.1 Å². The number of aliphatic hydroxyl groups excluding tert-OH is 1. The number of sulfonamides is 1. The second-order valence-electron chi connectivity index (χ2n) is 8.08. The molecular weight excluding hydrogens is 484 g/mol. The Balaban J connectivity index is 1.51. The Hall–Kier alpha value is -2.85. The highest BCUT2D eigenvalue weighted by Crippen LogP contribution is 2.32. The van der Waals surface area contributed by atoms with Crippen LogP contribution in [0.5, 0.6) is 5.75 Å². The molecule has 0 bridgehead atoms. The maximum Gasteiger partial charge on any atom is 0.249 e. The number of carbonyl (C=O) groups excluding carboxylic acids is 1. The molecule has 1 saturated heterocycles. The molecule has 1 heterocycles. The van der Waals surface area contributed by atoms with Crippen LogP contribution in [0.15, 0.2) is 83.8 Å². The van der Waals surface area contributed by atoms with Gasteiger partial charge in [0.25, 0.3) is 0 Å². The van der Waals surface area contributed by atoms with Crippen LogP contribution < -0.4 is 10.1 Å². The standard InChI is InChI=1S/C26H28N2O5S2/c1-33-22-11-7-21(8-12-22)24(15-17-29)27-25(30)26-28(16-18-34-26)35(31,32)23-13-9-20(10-14-23)19-5-3-2-4-6-19/h2-14,24,26,29H,15-18H2,1H3,(H,27,30). The summed E-state index contributed by atoms with van der Waals surface area (Å²) in [4.78, 5) is 13.4. The molecule has 1 amide bonds. The summed E-state index contributed by atoms with van der Waals surface area (Å²) in [6.45, 7) is 0.128. The molecule has 4 rings (SSSR count). The van der Waals surface area contributed by atoms with Crippen molar-refractivity contribution in [2.45, 2.75) is 22.7 Å². The van der Waals surface area contributed by atoms with E-state index in [1.807, 2.05) is 42.5 Å². The van der Waals surface area contributed by atoms with E-state index >= 15 is 0 Å². The number of benzene rings is 3. The van der Waals surface area contributed by atoms with E-state index in [0.717, 1.165) is 16.7 Å². The Labute approximate surface area is 210 Å². The van der Waals surface area contributed by atoms with Gasteiger partial charge in [0.05, 0.1) is 18.0 Å². The summed E-state index contributed by atoms with van der Waals surface area (Å²) in [7, 11) is -2.29. The predicted octanol–water partition coefficient (Wildman–Crippen LogP) is 3.67. The topological polar surface area (TPSA) is 95.9 Å². The monoisotopic (exact) mass is 512 g/mol. The number of thioether (sulfide) groups is 1.